The van der Waals surface area contributed by atoms with Gasteiger partial charge in [-0.25, -0.2) is 0 Å². The van der Waals surface area contributed by atoms with Crippen LogP contribution < -0.4 is 0 Å². The number of unbranched alkanes of at least 4 members (excludes halogenated alkanes) is 2. The van der Waals surface area contributed by atoms with E-state index in [9.17, 15) is 14.4 Å². The van der Waals surface area contributed by atoms with Crippen LogP contribution in [0.5, 0.6) is 0 Å². The molecule has 104 valence electrons. The van der Waals surface area contributed by atoms with Gasteiger partial charge in [0.2, 0.25) is 11.8 Å². The number of nitrogens with zero attached hydrogens (tertiary/aromatic N) is 1. The number of likely N-dealkylation sites (tertiary alicyclic amines) is 1. The van der Waals surface area contributed by atoms with Crippen molar-refractivity contribution < 1.29 is 15.8 Å². The summed E-state index contributed by atoms with van der Waals surface area (Å²) in [6.45, 7) is 2.42. The number of carbonyl (C=O) groups excluding carboxylic acids is 3. The summed E-state index contributed by atoms with van der Waals surface area (Å²) < 4.78 is 6.92. The molecule has 0 saturated carbocycles. The zero-order valence-electron chi connectivity index (χ0n) is 11.4. The van der Waals surface area contributed by atoms with Crippen LogP contribution in [-0.4, -0.2) is 29.0 Å². The predicted octanol–water partition coefficient (Wildman–Crippen LogP) is 2.56. The molecular weight excluding hydrogens is 230 g/mol. The lowest BCUT2D eigenvalue weighted by Gasteiger charge is -2.13. The van der Waals surface area contributed by atoms with Crippen LogP contribution in [0.25, 0.3) is 0 Å². The molecule has 4 heteroatoms. The lowest BCUT2D eigenvalue weighted by atomic mass is 10.1. The van der Waals surface area contributed by atoms with E-state index in [2.05, 4.69) is 0 Å². The zero-order valence-corrected chi connectivity index (χ0v) is 10.4. The zero-order chi connectivity index (χ0) is 13.5. The maximum Gasteiger partial charge on any atom is 0.232 e. The van der Waals surface area contributed by atoms with Crippen molar-refractivity contribution >= 4 is 17.6 Å². The number of amides is 2. The highest BCUT2D eigenvalue weighted by molar-refractivity contribution is 6.03. The second-order valence-corrected chi connectivity index (χ2v) is 4.59. The molecule has 18 heavy (non-hydrogen) atoms. The van der Waals surface area contributed by atoms with Crippen LogP contribution in [0, 0.1) is 5.92 Å². The Morgan fingerprint density at radius 1 is 1.39 bits per heavy atom. The third kappa shape index (κ3) is 4.59. The molecule has 1 rings (SSSR count). The van der Waals surface area contributed by atoms with Crippen molar-refractivity contribution in [3.63, 3.8) is 0 Å². The first-order valence-corrected chi connectivity index (χ1v) is 6.21. The number of ketones is 1. The quantitative estimate of drug-likeness (QED) is 0.519. The fourth-order valence-electron chi connectivity index (χ4n) is 1.98. The molecule has 0 N–H and O–H groups in total. The fraction of sp³-hybridized carbons (Fsp3) is 0.786. The van der Waals surface area contributed by atoms with E-state index in [0.717, 1.165) is 19.3 Å². The Bertz CT molecular complexity index is 331. The van der Waals surface area contributed by atoms with E-state index < -0.39 is 0 Å². The van der Waals surface area contributed by atoms with Gasteiger partial charge in [-0.1, -0.05) is 27.7 Å². The first-order valence-electron chi connectivity index (χ1n) is 6.92. The first kappa shape index (κ1) is 14.9. The second-order valence-electron chi connectivity index (χ2n) is 4.59. The van der Waals surface area contributed by atoms with Gasteiger partial charge in [0.05, 0.1) is 0 Å². The summed E-state index contributed by atoms with van der Waals surface area (Å²) in [5.41, 5.74) is 0. The average molecular weight is 256 g/mol. The minimum absolute atomic E-state index is 0. The minimum Gasteiger partial charge on any atom is -0.300 e. The predicted molar refractivity (Wildman–Crippen MR) is 71.0 cm³/mol. The SMILES string of the molecule is C.[2H]CCC(=O)CCCCCN1C(=O)CC(C)C1=O. The van der Waals surface area contributed by atoms with Gasteiger partial charge in [-0.05, 0) is 12.8 Å². The molecule has 1 aliphatic heterocycles. The molecule has 0 aliphatic carbocycles. The number of hydrogen-bond acceptors (Lipinski definition) is 3. The van der Waals surface area contributed by atoms with Crippen molar-refractivity contribution in [2.24, 2.45) is 5.92 Å². The van der Waals surface area contributed by atoms with E-state index in [1.807, 2.05) is 0 Å². The van der Waals surface area contributed by atoms with E-state index in [-0.39, 0.29) is 37.8 Å². The molecule has 1 atom stereocenters. The van der Waals surface area contributed by atoms with Crippen molar-refractivity contribution in [3.8, 4) is 0 Å². The Kier molecular flexibility index (Phi) is 6.61. The van der Waals surface area contributed by atoms with Crippen molar-refractivity contribution in [2.45, 2.75) is 59.8 Å². The Morgan fingerprint density at radius 3 is 2.67 bits per heavy atom. The van der Waals surface area contributed by atoms with Gasteiger partial charge in [-0.15, -0.1) is 0 Å². The Balaban J connectivity index is 0.00000324. The Hall–Kier alpha value is -1.19. The molecule has 0 bridgehead atoms. The fourth-order valence-corrected chi connectivity index (χ4v) is 1.98. The average Bonchev–Trinajstić information content (AvgIpc) is 2.55. The van der Waals surface area contributed by atoms with Crippen LogP contribution in [0.2, 0.25) is 0 Å². The topological polar surface area (TPSA) is 54.5 Å². The molecule has 4 nitrogen and oxygen atoms in total. The molecule has 2 amide bonds. The highest BCUT2D eigenvalue weighted by atomic mass is 16.2. The number of hydrogen-bond donors (Lipinski definition) is 0. The van der Waals surface area contributed by atoms with Crippen molar-refractivity contribution in [3.05, 3.63) is 0 Å². The summed E-state index contributed by atoms with van der Waals surface area (Å²) in [7, 11) is 0. The number of Topliss-reactive ketones (excluding diaryl/α,β-unsaturated/α-hetero) is 1. The number of carbonyl (C=O) groups is 3. The van der Waals surface area contributed by atoms with Crippen LogP contribution in [0.15, 0.2) is 0 Å². The van der Waals surface area contributed by atoms with Gasteiger partial charge in [0.25, 0.3) is 0 Å². The van der Waals surface area contributed by atoms with Gasteiger partial charge in [-0.3, -0.25) is 19.3 Å². The van der Waals surface area contributed by atoms with Crippen LogP contribution in [0.1, 0.15) is 61.1 Å². The van der Waals surface area contributed by atoms with Crippen LogP contribution >= 0.6 is 0 Å². The van der Waals surface area contributed by atoms with E-state index in [4.69, 9.17) is 1.37 Å². The highest BCUT2D eigenvalue weighted by Gasteiger charge is 2.34. The van der Waals surface area contributed by atoms with Crippen LogP contribution in [0.3, 0.4) is 0 Å². The molecule has 0 aromatic heterocycles. The third-order valence-corrected chi connectivity index (χ3v) is 3.09. The van der Waals surface area contributed by atoms with Crippen molar-refractivity contribution in [2.75, 3.05) is 6.54 Å². The van der Waals surface area contributed by atoms with Gasteiger partial charge in [0.1, 0.15) is 5.78 Å². The van der Waals surface area contributed by atoms with E-state index in [1.165, 1.54) is 4.90 Å². The molecule has 0 radical (unpaired) electrons. The van der Waals surface area contributed by atoms with Crippen molar-refractivity contribution in [1.82, 2.24) is 4.90 Å². The van der Waals surface area contributed by atoms with Crippen LogP contribution in [-0.2, 0) is 14.4 Å². The maximum absolute atomic E-state index is 11.6. The molecular formula is C14H25NO3. The lowest BCUT2D eigenvalue weighted by Crippen LogP contribution is -2.31. The monoisotopic (exact) mass is 256 g/mol. The molecule has 1 aliphatic rings. The second kappa shape index (κ2) is 8.01. The smallest absolute Gasteiger partial charge is 0.232 e. The standard InChI is InChI=1S/C13H21NO3.CH4/c1-3-11(15)7-5-4-6-8-14-12(16)9-10(2)13(14)17;/h10H,3-9H2,1-2H3;1H4/i1D;. The maximum atomic E-state index is 11.6. The van der Waals surface area contributed by atoms with E-state index >= 15 is 0 Å². The molecule has 0 aromatic rings. The van der Waals surface area contributed by atoms with E-state index in [0.29, 0.717) is 25.8 Å². The van der Waals surface area contributed by atoms with Gasteiger partial charge in [0.15, 0.2) is 0 Å². The molecule has 0 aromatic carbocycles. The summed E-state index contributed by atoms with van der Waals surface area (Å²) in [5, 5.41) is 0. The normalized spacial score (nSPS) is 19.7. The van der Waals surface area contributed by atoms with Gasteiger partial charge in [0, 0.05) is 33.1 Å². The minimum atomic E-state index is -0.170. The summed E-state index contributed by atoms with van der Waals surface area (Å²) in [6.07, 6.45) is 3.57. The van der Waals surface area contributed by atoms with E-state index in [1.54, 1.807) is 6.92 Å². The highest BCUT2D eigenvalue weighted by Crippen LogP contribution is 2.19. The molecule has 0 spiro atoms. The Labute approximate surface area is 111 Å². The van der Waals surface area contributed by atoms with Gasteiger partial charge < -0.3 is 0 Å². The molecule has 1 fully saturated rings. The molecule has 1 unspecified atom stereocenters. The largest absolute Gasteiger partial charge is 0.300 e. The lowest BCUT2D eigenvalue weighted by molar-refractivity contribution is -0.139. The number of imide groups is 1. The van der Waals surface area contributed by atoms with Crippen molar-refractivity contribution in [1.29, 1.82) is 0 Å². The summed E-state index contributed by atoms with van der Waals surface area (Å²) in [4.78, 5) is 35.6. The first-order chi connectivity index (χ1) is 8.56. The number of rotatable bonds is 7. The Morgan fingerprint density at radius 2 is 2.11 bits per heavy atom. The third-order valence-electron chi connectivity index (χ3n) is 3.09. The van der Waals surface area contributed by atoms with Crippen LogP contribution in [0.4, 0.5) is 0 Å². The van der Waals surface area contributed by atoms with Gasteiger partial charge >= 0.3 is 0 Å². The molecule has 1 heterocycles. The summed E-state index contributed by atoms with van der Waals surface area (Å²) >= 11 is 0. The summed E-state index contributed by atoms with van der Waals surface area (Å²) in [5.74, 6) is -0.175. The molecule has 1 saturated heterocycles. The summed E-state index contributed by atoms with van der Waals surface area (Å²) in [6, 6.07) is 0. The van der Waals surface area contributed by atoms with Gasteiger partial charge in [-0.2, -0.15) is 0 Å².